The zero-order valence-corrected chi connectivity index (χ0v) is 20.8. The Morgan fingerprint density at radius 1 is 0.758 bits per heavy atom. The fourth-order valence-electron chi connectivity index (χ4n) is 2.68. The van der Waals surface area contributed by atoms with Crippen LogP contribution in [0.2, 0.25) is 20.1 Å². The van der Waals surface area contributed by atoms with Crippen LogP contribution in [0, 0.1) is 0 Å². The molecule has 0 aromatic heterocycles. The summed E-state index contributed by atoms with van der Waals surface area (Å²) in [6.45, 7) is 10.6. The van der Waals surface area contributed by atoms with Crippen LogP contribution in [0.15, 0.2) is 49.6 Å². The Kier molecular flexibility index (Phi) is 9.49. The Morgan fingerprint density at radius 3 is 1.33 bits per heavy atom. The molecule has 6 nitrogen and oxygen atoms in total. The minimum Gasteiger partial charge on any atom is -0.430 e. The van der Waals surface area contributed by atoms with Crippen molar-refractivity contribution in [1.82, 2.24) is 0 Å². The van der Waals surface area contributed by atoms with E-state index in [1.165, 1.54) is 12.2 Å². The number of carbonyl (C=O) groups excluding carboxylic acids is 2. The van der Waals surface area contributed by atoms with Gasteiger partial charge in [0.25, 0.3) is 0 Å². The van der Waals surface area contributed by atoms with E-state index in [0.717, 1.165) is 0 Å². The van der Waals surface area contributed by atoms with Gasteiger partial charge in [-0.3, -0.25) is 0 Å². The Hall–Kier alpha value is -2.38. The lowest BCUT2D eigenvalue weighted by atomic mass is 9.78. The predicted molar refractivity (Wildman–Crippen MR) is 129 cm³/mol. The van der Waals surface area contributed by atoms with Crippen molar-refractivity contribution in [2.75, 3.05) is 13.2 Å². The van der Waals surface area contributed by atoms with Crippen LogP contribution in [0.1, 0.15) is 25.0 Å². The normalized spacial score (nSPS) is 10.8. The maximum atomic E-state index is 11.7. The first-order chi connectivity index (χ1) is 15.5. The first kappa shape index (κ1) is 26.9. The molecule has 0 unspecified atom stereocenters. The van der Waals surface area contributed by atoms with Gasteiger partial charge < -0.3 is 18.9 Å². The van der Waals surface area contributed by atoms with E-state index in [9.17, 15) is 9.59 Å². The molecule has 0 saturated heterocycles. The van der Waals surface area contributed by atoms with Crippen LogP contribution in [-0.4, -0.2) is 25.5 Å². The molecule has 0 bridgehead atoms. The number of halogens is 4. The Balaban J connectivity index is 2.35. The second-order valence-corrected chi connectivity index (χ2v) is 8.70. The number of hydrogen-bond donors (Lipinski definition) is 0. The first-order valence-corrected chi connectivity index (χ1v) is 10.9. The maximum absolute atomic E-state index is 11.7. The van der Waals surface area contributed by atoms with Crippen molar-refractivity contribution in [2.45, 2.75) is 19.3 Å². The molecule has 0 N–H and O–H groups in total. The maximum Gasteiger partial charge on any atom is 0.514 e. The van der Waals surface area contributed by atoms with Crippen molar-refractivity contribution >= 4 is 58.7 Å². The summed E-state index contributed by atoms with van der Waals surface area (Å²) in [4.78, 5) is 23.5. The molecule has 176 valence electrons. The van der Waals surface area contributed by atoms with Gasteiger partial charge in [-0.05, 0) is 35.4 Å². The fourth-order valence-corrected chi connectivity index (χ4v) is 3.81. The molecule has 0 spiro atoms. The Morgan fingerprint density at radius 2 is 1.06 bits per heavy atom. The molecule has 2 aromatic carbocycles. The number of carbonyl (C=O) groups is 2. The number of benzene rings is 2. The molecule has 0 fully saturated rings. The summed E-state index contributed by atoms with van der Waals surface area (Å²) in [5.41, 5.74) is 0.649. The monoisotopic (exact) mass is 532 g/mol. The highest BCUT2D eigenvalue weighted by Crippen LogP contribution is 2.43. The van der Waals surface area contributed by atoms with Crippen LogP contribution in [0.25, 0.3) is 0 Å². The summed E-state index contributed by atoms with van der Waals surface area (Å²) in [5.74, 6) is -0.0745. The minimum absolute atomic E-state index is 0.0214. The molecular formula is C23H20Cl4O6. The standard InChI is InChI=1S/C23H20Cl4O6/c1-5-7-30-21(28)32-19-15(24)9-13(10-16(19)25)23(3,4)14-11-17(26)20(18(27)12-14)33-22(29)31-8-6-2/h5-6,9-12H,1-2,7-8H2,3-4H3. The molecule has 2 aromatic rings. The highest BCUT2D eigenvalue weighted by molar-refractivity contribution is 6.38. The van der Waals surface area contributed by atoms with Gasteiger partial charge in [0.15, 0.2) is 11.5 Å². The van der Waals surface area contributed by atoms with Crippen LogP contribution in [-0.2, 0) is 14.9 Å². The van der Waals surface area contributed by atoms with E-state index in [-0.39, 0.29) is 44.8 Å². The molecule has 0 amide bonds. The second-order valence-electron chi connectivity index (χ2n) is 7.07. The SMILES string of the molecule is C=CCOC(=O)Oc1c(Cl)cc(C(C)(C)c2cc(Cl)c(OC(=O)OCC=C)c(Cl)c2)cc1Cl. The Labute approximate surface area is 211 Å². The van der Waals surface area contributed by atoms with Crippen LogP contribution in [0.5, 0.6) is 11.5 Å². The quantitative estimate of drug-likeness (QED) is 0.194. The van der Waals surface area contributed by atoms with Crippen molar-refractivity contribution in [3.8, 4) is 11.5 Å². The summed E-state index contributed by atoms with van der Waals surface area (Å²) in [6.07, 6.45) is 0.859. The number of hydrogen-bond acceptors (Lipinski definition) is 6. The van der Waals surface area contributed by atoms with Crippen LogP contribution < -0.4 is 9.47 Å². The van der Waals surface area contributed by atoms with Gasteiger partial charge >= 0.3 is 12.3 Å². The van der Waals surface area contributed by atoms with E-state index in [2.05, 4.69) is 13.2 Å². The molecule has 0 saturated carbocycles. The van der Waals surface area contributed by atoms with E-state index >= 15 is 0 Å². The largest absolute Gasteiger partial charge is 0.514 e. The topological polar surface area (TPSA) is 71.1 Å². The molecule has 0 atom stereocenters. The summed E-state index contributed by atoms with van der Waals surface area (Å²) in [7, 11) is 0. The highest BCUT2D eigenvalue weighted by atomic mass is 35.5. The molecule has 0 aliphatic heterocycles. The Bertz CT molecular complexity index is 951. The zero-order chi connectivity index (χ0) is 24.8. The van der Waals surface area contributed by atoms with E-state index in [0.29, 0.717) is 11.1 Å². The van der Waals surface area contributed by atoms with Crippen molar-refractivity contribution in [3.63, 3.8) is 0 Å². The van der Waals surface area contributed by atoms with Crippen molar-refractivity contribution in [3.05, 3.63) is 80.8 Å². The average molecular weight is 534 g/mol. The predicted octanol–water partition coefficient (Wildman–Crippen LogP) is 8.03. The smallest absolute Gasteiger partial charge is 0.430 e. The number of rotatable bonds is 8. The number of ether oxygens (including phenoxy) is 4. The van der Waals surface area contributed by atoms with Crippen molar-refractivity contribution in [1.29, 1.82) is 0 Å². The van der Waals surface area contributed by atoms with Gasteiger partial charge in [0.05, 0.1) is 20.1 Å². The first-order valence-electron chi connectivity index (χ1n) is 9.41. The third-order valence-corrected chi connectivity index (χ3v) is 5.57. The lowest BCUT2D eigenvalue weighted by Crippen LogP contribution is -2.20. The molecule has 10 heteroatoms. The summed E-state index contributed by atoms with van der Waals surface area (Å²) in [6, 6.07) is 6.40. The lowest BCUT2D eigenvalue weighted by Gasteiger charge is -2.28. The third kappa shape index (κ3) is 6.81. The molecular weight excluding hydrogens is 514 g/mol. The van der Waals surface area contributed by atoms with Gasteiger partial charge in [0.2, 0.25) is 0 Å². The van der Waals surface area contributed by atoms with E-state index < -0.39 is 17.7 Å². The molecule has 33 heavy (non-hydrogen) atoms. The summed E-state index contributed by atoms with van der Waals surface area (Å²) in [5, 5.41) is 0.401. The van der Waals surface area contributed by atoms with Crippen molar-refractivity contribution in [2.24, 2.45) is 0 Å². The fraction of sp³-hybridized carbons (Fsp3) is 0.217. The van der Waals surface area contributed by atoms with Crippen LogP contribution in [0.4, 0.5) is 9.59 Å². The average Bonchev–Trinajstić information content (AvgIpc) is 2.75. The molecule has 0 heterocycles. The molecule has 0 aliphatic carbocycles. The van der Waals surface area contributed by atoms with E-state index in [1.54, 1.807) is 24.3 Å². The second kappa shape index (κ2) is 11.7. The highest BCUT2D eigenvalue weighted by Gasteiger charge is 2.28. The van der Waals surface area contributed by atoms with Crippen LogP contribution >= 0.6 is 46.4 Å². The van der Waals surface area contributed by atoms with Gasteiger partial charge in [-0.2, -0.15) is 0 Å². The van der Waals surface area contributed by atoms with Gasteiger partial charge in [-0.15, -0.1) is 0 Å². The molecule has 0 aliphatic rings. The van der Waals surface area contributed by atoms with Gasteiger partial charge in [-0.25, -0.2) is 9.59 Å². The van der Waals surface area contributed by atoms with Crippen LogP contribution in [0.3, 0.4) is 0 Å². The lowest BCUT2D eigenvalue weighted by molar-refractivity contribution is 0.108. The summed E-state index contributed by atoms with van der Waals surface area (Å²) >= 11 is 25.3. The van der Waals surface area contributed by atoms with Gasteiger partial charge in [-0.1, -0.05) is 85.6 Å². The van der Waals surface area contributed by atoms with E-state index in [4.69, 9.17) is 65.4 Å². The zero-order valence-electron chi connectivity index (χ0n) is 17.8. The summed E-state index contributed by atoms with van der Waals surface area (Å²) < 4.78 is 19.7. The molecule has 2 rings (SSSR count). The van der Waals surface area contributed by atoms with E-state index in [1.807, 2.05) is 13.8 Å². The third-order valence-electron chi connectivity index (χ3n) is 4.45. The minimum atomic E-state index is -0.966. The van der Waals surface area contributed by atoms with Gasteiger partial charge in [0.1, 0.15) is 13.2 Å². The van der Waals surface area contributed by atoms with Gasteiger partial charge in [0, 0.05) is 5.41 Å². The van der Waals surface area contributed by atoms with Crippen molar-refractivity contribution < 1.29 is 28.5 Å². The molecule has 0 radical (unpaired) electrons.